The fraction of sp³-hybridized carbons (Fsp3) is 0.222. The molecule has 2 rings (SSSR count). The molecule has 0 bridgehead atoms. The highest BCUT2D eigenvalue weighted by Crippen LogP contribution is 2.20. The maximum absolute atomic E-state index is 12.0. The van der Waals surface area contributed by atoms with Crippen LogP contribution < -0.4 is 16.0 Å². The highest BCUT2D eigenvalue weighted by Gasteiger charge is 2.04. The van der Waals surface area contributed by atoms with Crippen LogP contribution in [0.2, 0.25) is 0 Å². The first-order valence-corrected chi connectivity index (χ1v) is 8.41. The van der Waals surface area contributed by atoms with Gasteiger partial charge in [-0.15, -0.1) is 0 Å². The molecule has 0 fully saturated rings. The Morgan fingerprint density at radius 3 is 2.21 bits per heavy atom. The van der Waals surface area contributed by atoms with Crippen LogP contribution in [0.3, 0.4) is 0 Å². The fourth-order valence-electron chi connectivity index (χ4n) is 2.14. The first-order valence-electron chi connectivity index (χ1n) is 7.61. The maximum atomic E-state index is 12.0. The molecule has 0 aliphatic carbocycles. The SMILES string of the molecule is CC(=O)Nc1ccc(NCCC(=O)Nc2ccc(Br)c(C)c2)cc1. The van der Waals surface area contributed by atoms with Crippen LogP contribution in [-0.2, 0) is 9.59 Å². The van der Waals surface area contributed by atoms with Gasteiger partial charge in [0.05, 0.1) is 0 Å². The van der Waals surface area contributed by atoms with E-state index in [2.05, 4.69) is 31.9 Å². The lowest BCUT2D eigenvalue weighted by Gasteiger charge is -2.09. The molecule has 2 aromatic carbocycles. The van der Waals surface area contributed by atoms with Crippen molar-refractivity contribution in [3.05, 3.63) is 52.5 Å². The highest BCUT2D eigenvalue weighted by atomic mass is 79.9. The molecular weight excluding hydrogens is 370 g/mol. The molecule has 0 atom stereocenters. The average Bonchev–Trinajstić information content (AvgIpc) is 2.52. The first-order chi connectivity index (χ1) is 11.4. The summed E-state index contributed by atoms with van der Waals surface area (Å²) in [5.74, 6) is -0.144. The minimum absolute atomic E-state index is 0.0425. The number of aryl methyl sites for hydroxylation is 1. The van der Waals surface area contributed by atoms with Crippen molar-refractivity contribution in [2.75, 3.05) is 22.5 Å². The predicted molar refractivity (Wildman–Crippen MR) is 101 cm³/mol. The van der Waals surface area contributed by atoms with Crippen LogP contribution in [0.25, 0.3) is 0 Å². The summed E-state index contributed by atoms with van der Waals surface area (Å²) in [5, 5.41) is 8.77. The number of carbonyl (C=O) groups excluding carboxylic acids is 2. The van der Waals surface area contributed by atoms with Crippen molar-refractivity contribution in [2.45, 2.75) is 20.3 Å². The molecule has 5 nitrogen and oxygen atoms in total. The van der Waals surface area contributed by atoms with Crippen LogP contribution in [-0.4, -0.2) is 18.4 Å². The van der Waals surface area contributed by atoms with Gasteiger partial charge in [-0.05, 0) is 55.0 Å². The normalized spacial score (nSPS) is 10.1. The third-order valence-electron chi connectivity index (χ3n) is 3.33. The Bertz CT molecular complexity index is 730. The summed E-state index contributed by atoms with van der Waals surface area (Å²) in [6, 6.07) is 13.1. The van der Waals surface area contributed by atoms with Crippen LogP contribution in [0.15, 0.2) is 46.9 Å². The molecule has 2 amide bonds. The number of anilines is 3. The highest BCUT2D eigenvalue weighted by molar-refractivity contribution is 9.10. The minimum Gasteiger partial charge on any atom is -0.385 e. The molecule has 0 aliphatic heterocycles. The second kappa shape index (κ2) is 8.49. The zero-order valence-corrected chi connectivity index (χ0v) is 15.2. The Morgan fingerprint density at radius 2 is 1.58 bits per heavy atom. The van der Waals surface area contributed by atoms with Crippen LogP contribution in [0, 0.1) is 6.92 Å². The smallest absolute Gasteiger partial charge is 0.226 e. The van der Waals surface area contributed by atoms with Gasteiger partial charge in [0.25, 0.3) is 0 Å². The molecule has 3 N–H and O–H groups in total. The van der Waals surface area contributed by atoms with Gasteiger partial charge in [-0.25, -0.2) is 0 Å². The van der Waals surface area contributed by atoms with E-state index >= 15 is 0 Å². The summed E-state index contributed by atoms with van der Waals surface area (Å²) < 4.78 is 1.02. The minimum atomic E-state index is -0.101. The fourth-order valence-corrected chi connectivity index (χ4v) is 2.39. The molecule has 24 heavy (non-hydrogen) atoms. The largest absolute Gasteiger partial charge is 0.385 e. The van der Waals surface area contributed by atoms with E-state index in [1.165, 1.54) is 6.92 Å². The summed E-state index contributed by atoms with van der Waals surface area (Å²) >= 11 is 3.44. The van der Waals surface area contributed by atoms with Crippen LogP contribution >= 0.6 is 15.9 Å². The van der Waals surface area contributed by atoms with Crippen LogP contribution in [0.4, 0.5) is 17.1 Å². The molecule has 126 valence electrons. The second-order valence-electron chi connectivity index (χ2n) is 5.45. The van der Waals surface area contributed by atoms with Gasteiger partial charge in [-0.2, -0.15) is 0 Å². The van der Waals surface area contributed by atoms with Crippen LogP contribution in [0.1, 0.15) is 18.9 Å². The number of hydrogen-bond acceptors (Lipinski definition) is 3. The molecule has 0 saturated carbocycles. The molecule has 0 saturated heterocycles. The quantitative estimate of drug-likeness (QED) is 0.694. The Kier molecular flexibility index (Phi) is 6.37. The number of carbonyl (C=O) groups is 2. The number of benzene rings is 2. The summed E-state index contributed by atoms with van der Waals surface area (Å²) in [6.07, 6.45) is 0.364. The summed E-state index contributed by atoms with van der Waals surface area (Å²) in [7, 11) is 0. The summed E-state index contributed by atoms with van der Waals surface area (Å²) in [4.78, 5) is 22.9. The number of amides is 2. The summed E-state index contributed by atoms with van der Waals surface area (Å²) in [6.45, 7) is 3.98. The Hall–Kier alpha value is -2.34. The average molecular weight is 390 g/mol. The molecule has 6 heteroatoms. The maximum Gasteiger partial charge on any atom is 0.226 e. The molecule has 0 heterocycles. The van der Waals surface area contributed by atoms with Gasteiger partial charge in [0.1, 0.15) is 0 Å². The van der Waals surface area contributed by atoms with Gasteiger partial charge in [0, 0.05) is 41.4 Å². The lowest BCUT2D eigenvalue weighted by atomic mass is 10.2. The molecule has 2 aromatic rings. The van der Waals surface area contributed by atoms with E-state index in [0.29, 0.717) is 13.0 Å². The van der Waals surface area contributed by atoms with E-state index in [9.17, 15) is 9.59 Å². The van der Waals surface area contributed by atoms with E-state index < -0.39 is 0 Å². The molecule has 0 spiro atoms. The molecular formula is C18H20BrN3O2. The second-order valence-corrected chi connectivity index (χ2v) is 6.30. The topological polar surface area (TPSA) is 70.2 Å². The summed E-state index contributed by atoms with van der Waals surface area (Å²) in [5.41, 5.74) is 3.51. The van der Waals surface area contributed by atoms with Crippen molar-refractivity contribution in [1.29, 1.82) is 0 Å². The Balaban J connectivity index is 1.77. The van der Waals surface area contributed by atoms with Gasteiger partial charge in [-0.1, -0.05) is 15.9 Å². The van der Waals surface area contributed by atoms with E-state index in [-0.39, 0.29) is 11.8 Å². The molecule has 0 radical (unpaired) electrons. The Labute approximate surface area is 150 Å². The van der Waals surface area contributed by atoms with Gasteiger partial charge in [-0.3, -0.25) is 9.59 Å². The number of hydrogen-bond donors (Lipinski definition) is 3. The lowest BCUT2D eigenvalue weighted by Crippen LogP contribution is -2.16. The number of nitrogens with one attached hydrogen (secondary N) is 3. The van der Waals surface area contributed by atoms with E-state index in [1.54, 1.807) is 0 Å². The van der Waals surface area contributed by atoms with E-state index in [4.69, 9.17) is 0 Å². The van der Waals surface area contributed by atoms with E-state index in [1.807, 2.05) is 49.4 Å². The Morgan fingerprint density at radius 1 is 0.958 bits per heavy atom. The van der Waals surface area contributed by atoms with Crippen molar-refractivity contribution in [3.63, 3.8) is 0 Å². The van der Waals surface area contributed by atoms with Crippen LogP contribution in [0.5, 0.6) is 0 Å². The monoisotopic (exact) mass is 389 g/mol. The predicted octanol–water partition coefficient (Wildman–Crippen LogP) is 4.16. The van der Waals surface area contributed by atoms with Crippen molar-refractivity contribution in [3.8, 4) is 0 Å². The van der Waals surface area contributed by atoms with Crippen molar-refractivity contribution >= 4 is 44.8 Å². The third kappa shape index (κ3) is 5.70. The van der Waals surface area contributed by atoms with Gasteiger partial charge >= 0.3 is 0 Å². The van der Waals surface area contributed by atoms with Crippen molar-refractivity contribution in [2.24, 2.45) is 0 Å². The van der Waals surface area contributed by atoms with E-state index in [0.717, 1.165) is 27.1 Å². The zero-order chi connectivity index (χ0) is 17.5. The number of rotatable bonds is 6. The van der Waals surface area contributed by atoms with Gasteiger partial charge in [0.15, 0.2) is 0 Å². The molecule has 0 unspecified atom stereocenters. The lowest BCUT2D eigenvalue weighted by molar-refractivity contribution is -0.116. The zero-order valence-electron chi connectivity index (χ0n) is 13.7. The molecule has 0 aliphatic rings. The first kappa shape index (κ1) is 18.0. The van der Waals surface area contributed by atoms with Crippen molar-refractivity contribution < 1.29 is 9.59 Å². The van der Waals surface area contributed by atoms with Crippen molar-refractivity contribution in [1.82, 2.24) is 0 Å². The van der Waals surface area contributed by atoms with Gasteiger partial charge < -0.3 is 16.0 Å². The standard InChI is InChI=1S/C18H20BrN3O2/c1-12-11-16(7-8-17(12)19)22-18(24)9-10-20-14-3-5-15(6-4-14)21-13(2)23/h3-8,11,20H,9-10H2,1-2H3,(H,21,23)(H,22,24). The molecule has 0 aromatic heterocycles. The van der Waals surface area contributed by atoms with Gasteiger partial charge in [0.2, 0.25) is 11.8 Å². The number of halogens is 1. The third-order valence-corrected chi connectivity index (χ3v) is 4.22.